The van der Waals surface area contributed by atoms with Gasteiger partial charge in [-0.3, -0.25) is 4.98 Å². The Hall–Kier alpha value is -2.19. The molecule has 1 atom stereocenters. The summed E-state index contributed by atoms with van der Waals surface area (Å²) in [5.74, 6) is 1.07. The first-order valence-corrected chi connectivity index (χ1v) is 9.69. The van der Waals surface area contributed by atoms with Crippen LogP contribution in [-0.2, 0) is 10.0 Å². The van der Waals surface area contributed by atoms with Crippen LogP contribution < -0.4 is 9.47 Å². The molecule has 0 aliphatic carbocycles. The van der Waals surface area contributed by atoms with Crippen molar-refractivity contribution in [2.75, 3.05) is 19.7 Å². The van der Waals surface area contributed by atoms with E-state index < -0.39 is 10.0 Å². The van der Waals surface area contributed by atoms with Crippen LogP contribution in [0.25, 0.3) is 0 Å². The van der Waals surface area contributed by atoms with Crippen LogP contribution in [0.1, 0.15) is 19.8 Å². The first kappa shape index (κ1) is 17.6. The maximum absolute atomic E-state index is 12.9. The Morgan fingerprint density at radius 3 is 2.72 bits per heavy atom. The number of hydrogen-bond donors (Lipinski definition) is 0. The maximum atomic E-state index is 12.9. The van der Waals surface area contributed by atoms with E-state index in [-0.39, 0.29) is 11.0 Å². The van der Waals surface area contributed by atoms with E-state index >= 15 is 0 Å². The van der Waals surface area contributed by atoms with Crippen molar-refractivity contribution < 1.29 is 17.9 Å². The number of nitrogens with zero attached hydrogens (tertiary/aromatic N) is 3. The lowest BCUT2D eigenvalue weighted by Gasteiger charge is -2.31. The van der Waals surface area contributed by atoms with Gasteiger partial charge in [-0.25, -0.2) is 13.4 Å². The van der Waals surface area contributed by atoms with Gasteiger partial charge < -0.3 is 9.47 Å². The molecule has 0 bridgehead atoms. The average molecular weight is 363 g/mol. The van der Waals surface area contributed by atoms with Crippen molar-refractivity contribution >= 4 is 10.0 Å². The number of hydrogen-bond acceptors (Lipinski definition) is 6. The van der Waals surface area contributed by atoms with Crippen molar-refractivity contribution in [1.82, 2.24) is 14.3 Å². The second-order valence-electron chi connectivity index (χ2n) is 5.69. The molecule has 3 rings (SSSR count). The summed E-state index contributed by atoms with van der Waals surface area (Å²) in [4.78, 5) is 8.30. The number of aromatic nitrogens is 2. The van der Waals surface area contributed by atoms with E-state index in [9.17, 15) is 8.42 Å². The van der Waals surface area contributed by atoms with E-state index in [0.717, 1.165) is 12.8 Å². The Labute approximate surface area is 147 Å². The molecule has 0 saturated carbocycles. The minimum absolute atomic E-state index is 0.233. The summed E-state index contributed by atoms with van der Waals surface area (Å²) in [6.07, 6.45) is 5.93. The highest BCUT2D eigenvalue weighted by atomic mass is 32.2. The minimum atomic E-state index is -3.56. The van der Waals surface area contributed by atoms with Crippen molar-refractivity contribution in [2.45, 2.75) is 30.8 Å². The van der Waals surface area contributed by atoms with Crippen molar-refractivity contribution in [3.05, 3.63) is 42.9 Å². The fourth-order valence-corrected chi connectivity index (χ4v) is 4.27. The first-order chi connectivity index (χ1) is 12.1. The summed E-state index contributed by atoms with van der Waals surface area (Å²) in [5, 5.41) is 0. The molecular weight excluding hydrogens is 342 g/mol. The van der Waals surface area contributed by atoms with Gasteiger partial charge in [0.2, 0.25) is 15.9 Å². The van der Waals surface area contributed by atoms with Gasteiger partial charge in [-0.1, -0.05) is 0 Å². The van der Waals surface area contributed by atoms with E-state index in [2.05, 4.69) is 9.97 Å². The normalized spacial score (nSPS) is 18.7. The van der Waals surface area contributed by atoms with Gasteiger partial charge in [0.15, 0.2) is 0 Å². The van der Waals surface area contributed by atoms with Gasteiger partial charge in [0.05, 0.1) is 24.2 Å². The second kappa shape index (κ2) is 7.79. The second-order valence-corrected chi connectivity index (χ2v) is 7.63. The van der Waals surface area contributed by atoms with Crippen LogP contribution in [0.5, 0.6) is 11.6 Å². The molecule has 1 saturated heterocycles. The van der Waals surface area contributed by atoms with E-state index in [1.807, 2.05) is 6.92 Å². The Morgan fingerprint density at radius 2 is 2.04 bits per heavy atom. The lowest BCUT2D eigenvalue weighted by atomic mass is 10.1. The molecule has 8 heteroatoms. The molecule has 1 aromatic heterocycles. The van der Waals surface area contributed by atoms with Crippen LogP contribution in [0.4, 0.5) is 0 Å². The van der Waals surface area contributed by atoms with E-state index in [0.29, 0.717) is 31.3 Å². The lowest BCUT2D eigenvalue weighted by Crippen LogP contribution is -2.44. The third kappa shape index (κ3) is 4.26. The van der Waals surface area contributed by atoms with Crippen molar-refractivity contribution in [2.24, 2.45) is 0 Å². The molecule has 1 fully saturated rings. The number of rotatable bonds is 6. The summed E-state index contributed by atoms with van der Waals surface area (Å²) in [6, 6.07) is 6.50. The zero-order valence-corrected chi connectivity index (χ0v) is 14.9. The Morgan fingerprint density at radius 1 is 1.24 bits per heavy atom. The van der Waals surface area contributed by atoms with Crippen LogP contribution in [0.15, 0.2) is 47.8 Å². The molecule has 7 nitrogen and oxygen atoms in total. The topological polar surface area (TPSA) is 81.6 Å². The zero-order valence-electron chi connectivity index (χ0n) is 14.0. The van der Waals surface area contributed by atoms with Crippen LogP contribution >= 0.6 is 0 Å². The standard InChI is InChI=1S/C17H21N3O4S/c1-2-23-14-5-7-16(8-6-14)25(21,22)20-11-3-4-15(13-20)24-17-12-18-9-10-19-17/h5-10,12,15H,2-4,11,13H2,1H3. The smallest absolute Gasteiger partial charge is 0.243 e. The van der Waals surface area contributed by atoms with Gasteiger partial charge in [0.25, 0.3) is 0 Å². The minimum Gasteiger partial charge on any atom is -0.494 e. The van der Waals surface area contributed by atoms with E-state index in [1.54, 1.807) is 36.7 Å². The third-order valence-corrected chi connectivity index (χ3v) is 5.82. The van der Waals surface area contributed by atoms with Gasteiger partial charge in [-0.15, -0.1) is 0 Å². The molecule has 134 valence electrons. The number of benzene rings is 1. The Bertz CT molecular complexity index is 781. The summed E-state index contributed by atoms with van der Waals surface area (Å²) >= 11 is 0. The quantitative estimate of drug-likeness (QED) is 0.782. The van der Waals surface area contributed by atoms with Crippen LogP contribution in [0.3, 0.4) is 0 Å². The number of ether oxygens (including phenoxy) is 2. The Kier molecular flexibility index (Phi) is 5.50. The van der Waals surface area contributed by atoms with Gasteiger partial charge in [-0.2, -0.15) is 4.31 Å². The largest absolute Gasteiger partial charge is 0.494 e. The van der Waals surface area contributed by atoms with Crippen LogP contribution in [0, 0.1) is 0 Å². The van der Waals surface area contributed by atoms with Crippen LogP contribution in [0.2, 0.25) is 0 Å². The molecule has 0 amide bonds. The fourth-order valence-electron chi connectivity index (χ4n) is 2.76. The SMILES string of the molecule is CCOc1ccc(S(=O)(=O)N2CCCC(Oc3cnccn3)C2)cc1. The van der Waals surface area contributed by atoms with Gasteiger partial charge >= 0.3 is 0 Å². The van der Waals surface area contributed by atoms with Gasteiger partial charge in [-0.05, 0) is 44.0 Å². The highest BCUT2D eigenvalue weighted by Gasteiger charge is 2.31. The molecule has 0 spiro atoms. The monoisotopic (exact) mass is 363 g/mol. The summed E-state index contributed by atoms with van der Waals surface area (Å²) in [7, 11) is -3.56. The van der Waals surface area contributed by atoms with Crippen molar-refractivity contribution in [3.63, 3.8) is 0 Å². The molecule has 0 radical (unpaired) electrons. The fraction of sp³-hybridized carbons (Fsp3) is 0.412. The maximum Gasteiger partial charge on any atom is 0.243 e. The molecule has 1 aliphatic rings. The highest BCUT2D eigenvalue weighted by molar-refractivity contribution is 7.89. The molecule has 1 aromatic carbocycles. The van der Waals surface area contributed by atoms with Crippen molar-refractivity contribution in [3.8, 4) is 11.6 Å². The predicted molar refractivity (Wildman–Crippen MR) is 92.1 cm³/mol. The third-order valence-electron chi connectivity index (χ3n) is 3.94. The highest BCUT2D eigenvalue weighted by Crippen LogP contribution is 2.24. The predicted octanol–water partition coefficient (Wildman–Crippen LogP) is 2.11. The first-order valence-electron chi connectivity index (χ1n) is 8.25. The van der Waals surface area contributed by atoms with E-state index in [1.165, 1.54) is 10.5 Å². The molecule has 1 unspecified atom stereocenters. The van der Waals surface area contributed by atoms with Crippen molar-refractivity contribution in [1.29, 1.82) is 0 Å². The summed E-state index contributed by atoms with van der Waals surface area (Å²) in [6.45, 7) is 3.21. The molecule has 25 heavy (non-hydrogen) atoms. The van der Waals surface area contributed by atoms with E-state index in [4.69, 9.17) is 9.47 Å². The lowest BCUT2D eigenvalue weighted by molar-refractivity contribution is 0.124. The average Bonchev–Trinajstić information content (AvgIpc) is 2.64. The summed E-state index contributed by atoms with van der Waals surface area (Å²) in [5.41, 5.74) is 0. The van der Waals surface area contributed by atoms with Crippen LogP contribution in [-0.4, -0.2) is 48.5 Å². The Balaban J connectivity index is 1.71. The van der Waals surface area contributed by atoms with Gasteiger partial charge in [0, 0.05) is 18.9 Å². The molecule has 2 heterocycles. The summed E-state index contributed by atoms with van der Waals surface area (Å²) < 4.78 is 38.3. The van der Waals surface area contributed by atoms with Gasteiger partial charge in [0.1, 0.15) is 11.9 Å². The number of piperidine rings is 1. The molecule has 2 aromatic rings. The molecular formula is C17H21N3O4S. The molecule has 0 N–H and O–H groups in total. The number of sulfonamides is 1. The molecule has 1 aliphatic heterocycles. The zero-order chi connectivity index (χ0) is 17.7.